The summed E-state index contributed by atoms with van der Waals surface area (Å²) >= 11 is 0. The van der Waals surface area contributed by atoms with Crippen LogP contribution in [0.1, 0.15) is 30.4 Å². The number of piperidine rings is 1. The van der Waals surface area contributed by atoms with E-state index in [4.69, 9.17) is 14.5 Å². The van der Waals surface area contributed by atoms with Crippen molar-refractivity contribution >= 4 is 6.21 Å². The molecule has 0 unspecified atom stereocenters. The Labute approximate surface area is 120 Å². The summed E-state index contributed by atoms with van der Waals surface area (Å²) in [5.41, 5.74) is 2.52. The Morgan fingerprint density at radius 1 is 1.35 bits per heavy atom. The SMILES string of the molecule is CCOc1cc2c(cc1OC)C=N[C@@H]1CCN(C)C[C@H]21. The molecule has 1 aromatic carbocycles. The van der Waals surface area contributed by atoms with Crippen molar-refractivity contribution in [3.8, 4) is 11.5 Å². The summed E-state index contributed by atoms with van der Waals surface area (Å²) in [5, 5.41) is 0. The van der Waals surface area contributed by atoms with Crippen molar-refractivity contribution in [2.24, 2.45) is 4.99 Å². The standard InChI is InChI=1S/C16H22N2O2/c1-4-20-16-8-12-11(7-15(16)19-3)9-17-14-5-6-18(2)10-13(12)14/h7-9,13-14H,4-6,10H2,1-3H3/t13-,14-/m1/s1. The van der Waals surface area contributed by atoms with Crippen LogP contribution in [0.4, 0.5) is 0 Å². The van der Waals surface area contributed by atoms with Crippen LogP contribution in [0.3, 0.4) is 0 Å². The van der Waals surface area contributed by atoms with Crippen LogP contribution in [0.5, 0.6) is 11.5 Å². The molecule has 2 aliphatic heterocycles. The van der Waals surface area contributed by atoms with Gasteiger partial charge in [0.05, 0.1) is 19.8 Å². The fourth-order valence-electron chi connectivity index (χ4n) is 3.21. The topological polar surface area (TPSA) is 34.1 Å². The summed E-state index contributed by atoms with van der Waals surface area (Å²) in [4.78, 5) is 7.12. The number of hydrogen-bond acceptors (Lipinski definition) is 4. The molecule has 1 aromatic rings. The molecule has 0 N–H and O–H groups in total. The number of benzene rings is 1. The van der Waals surface area contributed by atoms with E-state index < -0.39 is 0 Å². The molecule has 1 fully saturated rings. The van der Waals surface area contributed by atoms with Gasteiger partial charge in [-0.25, -0.2) is 0 Å². The van der Waals surface area contributed by atoms with Gasteiger partial charge in [0.2, 0.25) is 0 Å². The summed E-state index contributed by atoms with van der Waals surface area (Å²) in [6.45, 7) is 4.84. The molecule has 2 atom stereocenters. The predicted octanol–water partition coefficient (Wildman–Crippen LogP) is 2.31. The molecule has 2 aliphatic rings. The number of rotatable bonds is 3. The maximum Gasteiger partial charge on any atom is 0.161 e. The lowest BCUT2D eigenvalue weighted by Crippen LogP contribution is -2.40. The third kappa shape index (κ3) is 2.29. The Balaban J connectivity index is 2.02. The Bertz CT molecular complexity index is 527. The third-order valence-electron chi connectivity index (χ3n) is 4.25. The van der Waals surface area contributed by atoms with Crippen molar-refractivity contribution in [1.29, 1.82) is 0 Å². The highest BCUT2D eigenvalue weighted by Gasteiger charge is 2.33. The second kappa shape index (κ2) is 5.44. The molecule has 4 nitrogen and oxygen atoms in total. The van der Waals surface area contributed by atoms with Gasteiger partial charge in [0.1, 0.15) is 0 Å². The van der Waals surface area contributed by atoms with Crippen molar-refractivity contribution in [2.45, 2.75) is 25.3 Å². The van der Waals surface area contributed by atoms with Crippen molar-refractivity contribution in [1.82, 2.24) is 4.90 Å². The van der Waals surface area contributed by atoms with Gasteiger partial charge < -0.3 is 14.4 Å². The first kappa shape index (κ1) is 13.4. The van der Waals surface area contributed by atoms with Gasteiger partial charge in [-0.2, -0.15) is 0 Å². The van der Waals surface area contributed by atoms with Gasteiger partial charge in [0, 0.05) is 18.7 Å². The van der Waals surface area contributed by atoms with Crippen LogP contribution < -0.4 is 9.47 Å². The zero-order valence-electron chi connectivity index (χ0n) is 12.4. The largest absolute Gasteiger partial charge is 0.493 e. The molecule has 20 heavy (non-hydrogen) atoms. The van der Waals surface area contributed by atoms with Gasteiger partial charge in [0.15, 0.2) is 11.5 Å². The van der Waals surface area contributed by atoms with E-state index in [-0.39, 0.29) is 0 Å². The van der Waals surface area contributed by atoms with E-state index in [0.717, 1.165) is 31.0 Å². The smallest absolute Gasteiger partial charge is 0.161 e. The zero-order valence-corrected chi connectivity index (χ0v) is 12.4. The van der Waals surface area contributed by atoms with Gasteiger partial charge in [-0.05, 0) is 50.2 Å². The number of methoxy groups -OCH3 is 1. The monoisotopic (exact) mass is 274 g/mol. The van der Waals surface area contributed by atoms with Crippen molar-refractivity contribution in [2.75, 3.05) is 33.9 Å². The molecular weight excluding hydrogens is 252 g/mol. The lowest BCUT2D eigenvalue weighted by atomic mass is 9.82. The molecule has 0 radical (unpaired) electrons. The van der Waals surface area contributed by atoms with Crippen LogP contribution in [-0.2, 0) is 0 Å². The first-order chi connectivity index (χ1) is 9.72. The number of nitrogens with zero attached hydrogens (tertiary/aromatic N) is 2. The van der Waals surface area contributed by atoms with Gasteiger partial charge in [-0.1, -0.05) is 0 Å². The summed E-state index contributed by atoms with van der Waals surface area (Å²) in [5.74, 6) is 2.11. The summed E-state index contributed by atoms with van der Waals surface area (Å²) in [7, 11) is 3.86. The Hall–Kier alpha value is -1.55. The Morgan fingerprint density at radius 2 is 2.20 bits per heavy atom. The van der Waals surface area contributed by atoms with E-state index in [1.54, 1.807) is 7.11 Å². The summed E-state index contributed by atoms with van der Waals surface area (Å²) < 4.78 is 11.1. The minimum absolute atomic E-state index is 0.418. The fraction of sp³-hybridized carbons (Fsp3) is 0.562. The van der Waals surface area contributed by atoms with Crippen molar-refractivity contribution in [3.05, 3.63) is 23.3 Å². The molecule has 0 aromatic heterocycles. The molecule has 1 saturated heterocycles. The minimum Gasteiger partial charge on any atom is -0.493 e. The normalized spacial score (nSPS) is 24.9. The number of hydrogen-bond donors (Lipinski definition) is 0. The highest BCUT2D eigenvalue weighted by molar-refractivity contribution is 5.85. The van der Waals surface area contributed by atoms with Crippen LogP contribution in [0.25, 0.3) is 0 Å². The Kier molecular flexibility index (Phi) is 3.66. The van der Waals surface area contributed by atoms with Gasteiger partial charge in [-0.15, -0.1) is 0 Å². The lowest BCUT2D eigenvalue weighted by Gasteiger charge is -2.37. The third-order valence-corrected chi connectivity index (χ3v) is 4.25. The minimum atomic E-state index is 0.418. The van der Waals surface area contributed by atoms with E-state index in [9.17, 15) is 0 Å². The van der Waals surface area contributed by atoms with Crippen LogP contribution in [0, 0.1) is 0 Å². The van der Waals surface area contributed by atoms with E-state index in [1.165, 1.54) is 11.1 Å². The van der Waals surface area contributed by atoms with Gasteiger partial charge >= 0.3 is 0 Å². The van der Waals surface area contributed by atoms with Crippen molar-refractivity contribution < 1.29 is 9.47 Å². The molecule has 108 valence electrons. The van der Waals surface area contributed by atoms with E-state index >= 15 is 0 Å². The Morgan fingerprint density at radius 3 is 2.95 bits per heavy atom. The molecule has 0 aliphatic carbocycles. The molecule has 0 bridgehead atoms. The number of likely N-dealkylation sites (N-methyl/N-ethyl adjacent to an activating group) is 1. The molecule has 0 spiro atoms. The first-order valence-corrected chi connectivity index (χ1v) is 7.29. The molecular formula is C16H22N2O2. The quantitative estimate of drug-likeness (QED) is 0.848. The fourth-order valence-corrected chi connectivity index (χ4v) is 3.21. The molecule has 0 saturated carbocycles. The number of fused-ring (bicyclic) bond motifs is 3. The van der Waals surface area contributed by atoms with Crippen LogP contribution >= 0.6 is 0 Å². The predicted molar refractivity (Wildman–Crippen MR) is 80.4 cm³/mol. The van der Waals surface area contributed by atoms with Gasteiger partial charge in [-0.3, -0.25) is 4.99 Å². The maximum absolute atomic E-state index is 5.72. The number of ether oxygens (including phenoxy) is 2. The second-order valence-corrected chi connectivity index (χ2v) is 5.57. The maximum atomic E-state index is 5.72. The van der Waals surface area contributed by atoms with Crippen LogP contribution in [0.2, 0.25) is 0 Å². The van der Waals surface area contributed by atoms with E-state index in [1.807, 2.05) is 13.1 Å². The second-order valence-electron chi connectivity index (χ2n) is 5.57. The average Bonchev–Trinajstić information content (AvgIpc) is 2.47. The van der Waals surface area contributed by atoms with E-state index in [2.05, 4.69) is 24.1 Å². The summed E-state index contributed by atoms with van der Waals surface area (Å²) in [6, 6.07) is 4.62. The summed E-state index contributed by atoms with van der Waals surface area (Å²) in [6.07, 6.45) is 3.13. The zero-order chi connectivity index (χ0) is 14.1. The van der Waals surface area contributed by atoms with E-state index in [0.29, 0.717) is 18.6 Å². The van der Waals surface area contributed by atoms with Gasteiger partial charge in [0.25, 0.3) is 0 Å². The van der Waals surface area contributed by atoms with Crippen molar-refractivity contribution in [3.63, 3.8) is 0 Å². The van der Waals surface area contributed by atoms with Crippen LogP contribution in [-0.4, -0.2) is 51.0 Å². The highest BCUT2D eigenvalue weighted by Crippen LogP contribution is 2.39. The first-order valence-electron chi connectivity index (χ1n) is 7.29. The molecule has 4 heteroatoms. The number of likely N-dealkylation sites (tertiary alicyclic amines) is 1. The lowest BCUT2D eigenvalue weighted by molar-refractivity contribution is 0.227. The molecule has 0 amide bonds. The molecule has 2 heterocycles. The number of aliphatic imine (C=N–C) groups is 1. The highest BCUT2D eigenvalue weighted by atomic mass is 16.5. The molecule has 3 rings (SSSR count). The van der Waals surface area contributed by atoms with Crippen LogP contribution in [0.15, 0.2) is 17.1 Å². The average molecular weight is 274 g/mol.